The number of methoxy groups -OCH3 is 1. The first-order valence-electron chi connectivity index (χ1n) is 9.24. The Morgan fingerprint density at radius 1 is 1.04 bits per heavy atom. The molecule has 2 heterocycles. The van der Waals surface area contributed by atoms with Crippen molar-refractivity contribution in [3.8, 4) is 5.75 Å². The van der Waals surface area contributed by atoms with Gasteiger partial charge in [-0.25, -0.2) is 4.79 Å². The number of carbonyl (C=O) groups is 1. The molecule has 146 valence electrons. The number of ether oxygens (including phenoxy) is 1. The van der Waals surface area contributed by atoms with E-state index in [2.05, 4.69) is 37.2 Å². The van der Waals surface area contributed by atoms with Crippen molar-refractivity contribution in [3.63, 3.8) is 0 Å². The standard InChI is InChI=1S/C20H23N5O3/c1-28-16-5-3-15(4-6-16)25-10-8-24(9-11-25)13-19(26)21-14-2-7-17-18(12-14)23-20(27)22-17/h2-7,12H,8-11,13H2,1H3,(H,21,26)(H2,22,23,27). The molecule has 1 amide bonds. The van der Waals surface area contributed by atoms with Gasteiger partial charge < -0.3 is 24.9 Å². The molecule has 4 rings (SSSR count). The fourth-order valence-electron chi connectivity index (χ4n) is 3.47. The van der Waals surface area contributed by atoms with Crippen molar-refractivity contribution in [2.24, 2.45) is 0 Å². The Bertz CT molecular complexity index is 1020. The van der Waals surface area contributed by atoms with Gasteiger partial charge in [0.2, 0.25) is 5.91 Å². The van der Waals surface area contributed by atoms with Crippen LogP contribution < -0.4 is 20.6 Å². The van der Waals surface area contributed by atoms with E-state index >= 15 is 0 Å². The predicted molar refractivity (Wildman–Crippen MR) is 109 cm³/mol. The summed E-state index contributed by atoms with van der Waals surface area (Å²) in [4.78, 5) is 33.5. The van der Waals surface area contributed by atoms with Crippen LogP contribution >= 0.6 is 0 Å². The van der Waals surface area contributed by atoms with Gasteiger partial charge in [0.15, 0.2) is 0 Å². The van der Waals surface area contributed by atoms with E-state index in [9.17, 15) is 9.59 Å². The van der Waals surface area contributed by atoms with Gasteiger partial charge in [0.1, 0.15) is 5.75 Å². The molecule has 1 aliphatic heterocycles. The lowest BCUT2D eigenvalue weighted by molar-refractivity contribution is -0.117. The minimum atomic E-state index is -0.256. The van der Waals surface area contributed by atoms with Gasteiger partial charge in [-0.05, 0) is 42.5 Å². The number of imidazole rings is 1. The number of amides is 1. The summed E-state index contributed by atoms with van der Waals surface area (Å²) in [6.07, 6.45) is 0. The van der Waals surface area contributed by atoms with Crippen LogP contribution in [0.2, 0.25) is 0 Å². The first kappa shape index (κ1) is 18.1. The second-order valence-corrected chi connectivity index (χ2v) is 6.85. The second-order valence-electron chi connectivity index (χ2n) is 6.85. The van der Waals surface area contributed by atoms with Crippen molar-refractivity contribution in [1.29, 1.82) is 0 Å². The fourth-order valence-corrected chi connectivity index (χ4v) is 3.47. The largest absolute Gasteiger partial charge is 0.497 e. The number of benzene rings is 2. The van der Waals surface area contributed by atoms with Crippen LogP contribution in [-0.4, -0.2) is 60.6 Å². The summed E-state index contributed by atoms with van der Waals surface area (Å²) in [5.74, 6) is 0.788. The molecular formula is C20H23N5O3. The first-order chi connectivity index (χ1) is 13.6. The Hall–Kier alpha value is -3.26. The number of piperazine rings is 1. The zero-order chi connectivity index (χ0) is 19.5. The molecule has 3 aromatic rings. The van der Waals surface area contributed by atoms with Gasteiger partial charge in [-0.3, -0.25) is 9.69 Å². The van der Waals surface area contributed by atoms with Crippen molar-refractivity contribution in [2.45, 2.75) is 0 Å². The fraction of sp³-hybridized carbons (Fsp3) is 0.300. The lowest BCUT2D eigenvalue weighted by atomic mass is 10.2. The average Bonchev–Trinajstić information content (AvgIpc) is 3.08. The third-order valence-corrected chi connectivity index (χ3v) is 4.98. The summed E-state index contributed by atoms with van der Waals surface area (Å²) >= 11 is 0. The van der Waals surface area contributed by atoms with Crippen LogP contribution in [0.3, 0.4) is 0 Å². The smallest absolute Gasteiger partial charge is 0.323 e. The van der Waals surface area contributed by atoms with E-state index in [0.717, 1.165) is 37.4 Å². The molecule has 8 nitrogen and oxygen atoms in total. The Kier molecular flexibility index (Phi) is 5.03. The minimum absolute atomic E-state index is 0.0601. The number of nitrogens with zero attached hydrogens (tertiary/aromatic N) is 2. The third kappa shape index (κ3) is 4.01. The summed E-state index contributed by atoms with van der Waals surface area (Å²) in [5, 5.41) is 2.90. The molecule has 0 unspecified atom stereocenters. The number of fused-ring (bicyclic) bond motifs is 1. The van der Waals surface area contributed by atoms with Crippen LogP contribution in [-0.2, 0) is 4.79 Å². The molecule has 0 aliphatic carbocycles. The van der Waals surface area contributed by atoms with Crippen LogP contribution in [0.5, 0.6) is 5.75 Å². The maximum absolute atomic E-state index is 12.4. The average molecular weight is 381 g/mol. The second kappa shape index (κ2) is 7.77. The van der Waals surface area contributed by atoms with E-state index in [0.29, 0.717) is 17.7 Å². The van der Waals surface area contributed by atoms with Crippen LogP contribution in [0.1, 0.15) is 0 Å². The number of nitrogens with one attached hydrogen (secondary N) is 3. The highest BCUT2D eigenvalue weighted by molar-refractivity contribution is 5.94. The monoisotopic (exact) mass is 381 g/mol. The number of H-pyrrole nitrogens is 2. The summed E-state index contributed by atoms with van der Waals surface area (Å²) in [5.41, 5.74) is 2.98. The quantitative estimate of drug-likeness (QED) is 0.625. The number of aromatic nitrogens is 2. The molecule has 1 aliphatic rings. The van der Waals surface area contributed by atoms with E-state index in [1.807, 2.05) is 12.1 Å². The van der Waals surface area contributed by atoms with Crippen molar-refractivity contribution in [1.82, 2.24) is 14.9 Å². The molecule has 0 bridgehead atoms. The molecule has 0 saturated carbocycles. The predicted octanol–water partition coefficient (Wildman–Crippen LogP) is 1.63. The Balaban J connectivity index is 1.29. The molecular weight excluding hydrogens is 358 g/mol. The van der Waals surface area contributed by atoms with Crippen molar-refractivity contribution in [3.05, 3.63) is 52.9 Å². The van der Waals surface area contributed by atoms with Gasteiger partial charge in [-0.2, -0.15) is 0 Å². The van der Waals surface area contributed by atoms with Crippen molar-refractivity contribution in [2.75, 3.05) is 50.1 Å². The van der Waals surface area contributed by atoms with E-state index in [1.165, 1.54) is 5.69 Å². The summed E-state index contributed by atoms with van der Waals surface area (Å²) < 4.78 is 5.20. The van der Waals surface area contributed by atoms with Crippen LogP contribution in [0.4, 0.5) is 11.4 Å². The first-order valence-corrected chi connectivity index (χ1v) is 9.24. The highest BCUT2D eigenvalue weighted by Crippen LogP contribution is 2.20. The van der Waals surface area contributed by atoms with E-state index in [4.69, 9.17) is 4.74 Å². The number of rotatable bonds is 5. The van der Waals surface area contributed by atoms with Gasteiger partial charge in [0, 0.05) is 37.6 Å². The van der Waals surface area contributed by atoms with Gasteiger partial charge in [-0.15, -0.1) is 0 Å². The summed E-state index contributed by atoms with van der Waals surface area (Å²) in [6.45, 7) is 3.73. The van der Waals surface area contributed by atoms with Gasteiger partial charge in [0.25, 0.3) is 0 Å². The molecule has 1 saturated heterocycles. The van der Waals surface area contributed by atoms with E-state index < -0.39 is 0 Å². The molecule has 0 spiro atoms. The molecule has 1 fully saturated rings. The Morgan fingerprint density at radius 2 is 1.75 bits per heavy atom. The van der Waals surface area contributed by atoms with E-state index in [1.54, 1.807) is 25.3 Å². The summed E-state index contributed by atoms with van der Waals surface area (Å²) in [6, 6.07) is 13.4. The third-order valence-electron chi connectivity index (χ3n) is 4.98. The highest BCUT2D eigenvalue weighted by Gasteiger charge is 2.19. The number of carbonyl (C=O) groups excluding carboxylic acids is 1. The van der Waals surface area contributed by atoms with Crippen LogP contribution in [0, 0.1) is 0 Å². The lowest BCUT2D eigenvalue weighted by Crippen LogP contribution is -2.48. The van der Waals surface area contributed by atoms with Gasteiger partial charge in [0.05, 0.1) is 24.7 Å². The van der Waals surface area contributed by atoms with Crippen molar-refractivity contribution < 1.29 is 9.53 Å². The maximum Gasteiger partial charge on any atom is 0.323 e. The molecule has 2 aromatic carbocycles. The SMILES string of the molecule is COc1ccc(N2CCN(CC(=O)Nc3ccc4[nH]c(=O)[nH]c4c3)CC2)cc1. The molecule has 0 atom stereocenters. The van der Waals surface area contributed by atoms with E-state index in [-0.39, 0.29) is 11.6 Å². The molecule has 28 heavy (non-hydrogen) atoms. The number of anilines is 2. The zero-order valence-corrected chi connectivity index (χ0v) is 15.7. The minimum Gasteiger partial charge on any atom is -0.497 e. The van der Waals surface area contributed by atoms with Crippen molar-refractivity contribution >= 4 is 28.3 Å². The Morgan fingerprint density at radius 3 is 2.46 bits per heavy atom. The number of hydrogen-bond donors (Lipinski definition) is 3. The lowest BCUT2D eigenvalue weighted by Gasteiger charge is -2.35. The Labute approximate surface area is 162 Å². The topological polar surface area (TPSA) is 93.5 Å². The normalized spacial score (nSPS) is 15.0. The molecule has 0 radical (unpaired) electrons. The highest BCUT2D eigenvalue weighted by atomic mass is 16.5. The van der Waals surface area contributed by atoms with Gasteiger partial charge >= 0.3 is 5.69 Å². The molecule has 3 N–H and O–H groups in total. The number of aromatic amines is 2. The van der Waals surface area contributed by atoms with Gasteiger partial charge in [-0.1, -0.05) is 0 Å². The number of hydrogen-bond acceptors (Lipinski definition) is 5. The zero-order valence-electron chi connectivity index (χ0n) is 15.7. The molecule has 8 heteroatoms. The van der Waals surface area contributed by atoms with Crippen LogP contribution in [0.25, 0.3) is 11.0 Å². The van der Waals surface area contributed by atoms with Crippen LogP contribution in [0.15, 0.2) is 47.3 Å². The summed E-state index contributed by atoms with van der Waals surface area (Å²) in [7, 11) is 1.66. The molecule has 1 aromatic heterocycles. The maximum atomic E-state index is 12.4.